The first-order valence-corrected chi connectivity index (χ1v) is 4.59. The zero-order valence-electron chi connectivity index (χ0n) is 8.01. The van der Waals surface area contributed by atoms with Crippen molar-refractivity contribution in [2.24, 2.45) is 4.99 Å². The van der Waals surface area contributed by atoms with Crippen LogP contribution in [0, 0.1) is 0 Å². The van der Waals surface area contributed by atoms with Gasteiger partial charge in [-0.3, -0.25) is 4.99 Å². The van der Waals surface area contributed by atoms with Crippen LogP contribution in [0.15, 0.2) is 35.3 Å². The van der Waals surface area contributed by atoms with E-state index in [1.54, 1.807) is 0 Å². The molecular formula is C11H14N2. The molecule has 0 saturated heterocycles. The summed E-state index contributed by atoms with van der Waals surface area (Å²) in [6.45, 7) is 2.20. The first-order valence-electron chi connectivity index (χ1n) is 4.59. The second-order valence-corrected chi connectivity index (χ2v) is 3.53. The molecule has 0 radical (unpaired) electrons. The van der Waals surface area contributed by atoms with Crippen LogP contribution in [-0.4, -0.2) is 24.3 Å². The van der Waals surface area contributed by atoms with Crippen LogP contribution >= 0.6 is 0 Å². The van der Waals surface area contributed by atoms with Crippen LogP contribution in [0.3, 0.4) is 0 Å². The quantitative estimate of drug-likeness (QED) is 0.636. The lowest BCUT2D eigenvalue weighted by atomic mass is 10.0. The van der Waals surface area contributed by atoms with E-state index in [2.05, 4.69) is 48.1 Å². The van der Waals surface area contributed by atoms with Gasteiger partial charge >= 0.3 is 0 Å². The fourth-order valence-electron chi connectivity index (χ4n) is 1.64. The van der Waals surface area contributed by atoms with Crippen molar-refractivity contribution < 1.29 is 0 Å². The fourth-order valence-corrected chi connectivity index (χ4v) is 1.64. The molecule has 2 atom stereocenters. The minimum Gasteiger partial charge on any atom is -0.361 e. The average molecular weight is 174 g/mol. The molecular weight excluding hydrogens is 160 g/mol. The molecule has 0 N–H and O–H groups in total. The van der Waals surface area contributed by atoms with Crippen molar-refractivity contribution in [1.82, 2.24) is 4.90 Å². The number of hydrogen-bond acceptors (Lipinski definition) is 2. The zero-order chi connectivity index (χ0) is 9.26. The Hall–Kier alpha value is -1.31. The minimum absolute atomic E-state index is 0.311. The van der Waals surface area contributed by atoms with Crippen molar-refractivity contribution in [2.45, 2.75) is 19.0 Å². The topological polar surface area (TPSA) is 15.6 Å². The molecule has 1 aromatic rings. The predicted molar refractivity (Wildman–Crippen MR) is 54.9 cm³/mol. The number of rotatable bonds is 1. The van der Waals surface area contributed by atoms with Gasteiger partial charge in [0.1, 0.15) is 0 Å². The van der Waals surface area contributed by atoms with Gasteiger partial charge in [-0.2, -0.15) is 0 Å². The number of likely N-dealkylation sites (N-methyl/N-ethyl adjacent to an activating group) is 1. The molecule has 0 unspecified atom stereocenters. The van der Waals surface area contributed by atoms with Gasteiger partial charge in [-0.25, -0.2) is 0 Å². The van der Waals surface area contributed by atoms with Gasteiger partial charge in [-0.1, -0.05) is 30.3 Å². The second kappa shape index (κ2) is 3.21. The van der Waals surface area contributed by atoms with Gasteiger partial charge in [-0.05, 0) is 12.5 Å². The summed E-state index contributed by atoms with van der Waals surface area (Å²) in [7, 11) is 2.07. The third-order valence-corrected chi connectivity index (χ3v) is 2.65. The van der Waals surface area contributed by atoms with E-state index in [1.165, 1.54) is 5.56 Å². The van der Waals surface area contributed by atoms with E-state index >= 15 is 0 Å². The summed E-state index contributed by atoms with van der Waals surface area (Å²) in [5.74, 6) is 0. The van der Waals surface area contributed by atoms with E-state index in [9.17, 15) is 0 Å². The summed E-state index contributed by atoms with van der Waals surface area (Å²) in [6.07, 6.45) is 1.92. The van der Waals surface area contributed by atoms with Crippen LogP contribution in [0.25, 0.3) is 0 Å². The van der Waals surface area contributed by atoms with Crippen molar-refractivity contribution in [3.8, 4) is 0 Å². The van der Waals surface area contributed by atoms with Gasteiger partial charge in [0.2, 0.25) is 0 Å². The highest BCUT2D eigenvalue weighted by atomic mass is 15.2. The Morgan fingerprint density at radius 3 is 2.46 bits per heavy atom. The summed E-state index contributed by atoms with van der Waals surface area (Å²) >= 11 is 0. The maximum Gasteiger partial charge on any atom is 0.0966 e. The lowest BCUT2D eigenvalue weighted by Crippen LogP contribution is -2.26. The number of aliphatic imine (C=N–C) groups is 1. The standard InChI is InChI=1S/C11H14N2/c1-9-11(12-8-13(9)2)10-6-4-3-5-7-10/h3-9,11H,1-2H3/t9-,11-/m0/s1. The molecule has 0 fully saturated rings. The van der Waals surface area contributed by atoms with Crippen molar-refractivity contribution in [1.29, 1.82) is 0 Å². The largest absolute Gasteiger partial charge is 0.361 e. The molecule has 0 aromatic heterocycles. The highest BCUT2D eigenvalue weighted by molar-refractivity contribution is 5.59. The van der Waals surface area contributed by atoms with Crippen LogP contribution in [0.4, 0.5) is 0 Å². The van der Waals surface area contributed by atoms with Crippen molar-refractivity contribution in [3.63, 3.8) is 0 Å². The fraction of sp³-hybridized carbons (Fsp3) is 0.364. The smallest absolute Gasteiger partial charge is 0.0966 e. The van der Waals surface area contributed by atoms with Gasteiger partial charge in [0.25, 0.3) is 0 Å². The lowest BCUT2D eigenvalue weighted by molar-refractivity contribution is 0.386. The Kier molecular flexibility index (Phi) is 2.05. The third kappa shape index (κ3) is 1.44. The molecule has 1 heterocycles. The van der Waals surface area contributed by atoms with Crippen LogP contribution < -0.4 is 0 Å². The summed E-state index contributed by atoms with van der Waals surface area (Å²) in [5.41, 5.74) is 1.30. The molecule has 1 aromatic carbocycles. The predicted octanol–water partition coefficient (Wildman–Crippen LogP) is 2.09. The summed E-state index contributed by atoms with van der Waals surface area (Å²) in [5, 5.41) is 0. The third-order valence-electron chi connectivity index (χ3n) is 2.65. The molecule has 0 spiro atoms. The van der Waals surface area contributed by atoms with Gasteiger partial charge in [-0.15, -0.1) is 0 Å². The highest BCUT2D eigenvalue weighted by Crippen LogP contribution is 2.27. The normalized spacial score (nSPS) is 26.8. The van der Waals surface area contributed by atoms with E-state index in [4.69, 9.17) is 0 Å². The zero-order valence-corrected chi connectivity index (χ0v) is 8.01. The monoisotopic (exact) mass is 174 g/mol. The van der Waals surface area contributed by atoms with E-state index in [0.29, 0.717) is 12.1 Å². The SMILES string of the molecule is C[C@H]1[C@@H](c2ccccc2)N=CN1C. The Labute approximate surface area is 78.9 Å². The number of benzene rings is 1. The highest BCUT2D eigenvalue weighted by Gasteiger charge is 2.24. The van der Waals surface area contributed by atoms with Crippen LogP contribution in [-0.2, 0) is 0 Å². The Bertz CT molecular complexity index is 305. The van der Waals surface area contributed by atoms with Crippen molar-refractivity contribution in [3.05, 3.63) is 35.9 Å². The van der Waals surface area contributed by atoms with Crippen molar-refractivity contribution >= 4 is 6.34 Å². The van der Waals surface area contributed by atoms with Gasteiger partial charge < -0.3 is 4.90 Å². The molecule has 2 nitrogen and oxygen atoms in total. The van der Waals surface area contributed by atoms with Crippen LogP contribution in [0.1, 0.15) is 18.5 Å². The molecule has 0 saturated carbocycles. The first kappa shape index (κ1) is 8.30. The minimum atomic E-state index is 0.311. The maximum atomic E-state index is 4.47. The van der Waals surface area contributed by atoms with Crippen LogP contribution in [0.2, 0.25) is 0 Å². The Morgan fingerprint density at radius 2 is 1.92 bits per heavy atom. The molecule has 0 amide bonds. The molecule has 2 rings (SSSR count). The van der Waals surface area contributed by atoms with E-state index in [0.717, 1.165) is 0 Å². The second-order valence-electron chi connectivity index (χ2n) is 3.53. The summed E-state index contributed by atoms with van der Waals surface area (Å²) in [4.78, 5) is 6.62. The Balaban J connectivity index is 2.24. The average Bonchev–Trinajstić information content (AvgIpc) is 2.49. The summed E-state index contributed by atoms with van der Waals surface area (Å²) < 4.78 is 0. The summed E-state index contributed by atoms with van der Waals surface area (Å²) in [6, 6.07) is 11.2. The maximum absolute atomic E-state index is 4.47. The Morgan fingerprint density at radius 1 is 1.23 bits per heavy atom. The number of hydrogen-bond donors (Lipinski definition) is 0. The van der Waals surface area contributed by atoms with Gasteiger partial charge in [0.05, 0.1) is 18.4 Å². The van der Waals surface area contributed by atoms with E-state index in [-0.39, 0.29) is 0 Å². The molecule has 13 heavy (non-hydrogen) atoms. The molecule has 0 aliphatic carbocycles. The molecule has 2 heteroatoms. The van der Waals surface area contributed by atoms with Crippen LogP contribution in [0.5, 0.6) is 0 Å². The van der Waals surface area contributed by atoms with E-state index < -0.39 is 0 Å². The van der Waals surface area contributed by atoms with Gasteiger partial charge in [0.15, 0.2) is 0 Å². The molecule has 1 aliphatic rings. The number of nitrogens with zero attached hydrogens (tertiary/aromatic N) is 2. The van der Waals surface area contributed by atoms with Crippen molar-refractivity contribution in [2.75, 3.05) is 7.05 Å². The molecule has 68 valence electrons. The first-order chi connectivity index (χ1) is 6.29. The lowest BCUT2D eigenvalue weighted by Gasteiger charge is -2.20. The van der Waals surface area contributed by atoms with Gasteiger partial charge in [0, 0.05) is 7.05 Å². The molecule has 1 aliphatic heterocycles. The molecule has 0 bridgehead atoms. The van der Waals surface area contributed by atoms with E-state index in [1.807, 2.05) is 12.4 Å².